The second-order valence-electron chi connectivity index (χ2n) is 5.56. The van der Waals surface area contributed by atoms with Gasteiger partial charge in [-0.2, -0.15) is 0 Å². The highest BCUT2D eigenvalue weighted by Gasteiger charge is 2.24. The number of halogens is 1. The molecule has 2 aliphatic carbocycles. The number of rotatable bonds is 4. The van der Waals surface area contributed by atoms with Crippen molar-refractivity contribution in [3.63, 3.8) is 0 Å². The maximum atomic E-state index is 13.4. The van der Waals surface area contributed by atoms with Gasteiger partial charge >= 0.3 is 0 Å². The van der Waals surface area contributed by atoms with Gasteiger partial charge in [0.25, 0.3) is 5.91 Å². The average molecular weight is 262 g/mol. The van der Waals surface area contributed by atoms with Crippen molar-refractivity contribution in [3.05, 3.63) is 29.6 Å². The van der Waals surface area contributed by atoms with Gasteiger partial charge in [0.05, 0.1) is 5.56 Å². The molecule has 2 N–H and O–H groups in total. The molecule has 0 atom stereocenters. The van der Waals surface area contributed by atoms with Crippen LogP contribution in [0.5, 0.6) is 0 Å². The normalized spacial score (nSPS) is 19.4. The quantitative estimate of drug-likeness (QED) is 0.875. The van der Waals surface area contributed by atoms with Crippen LogP contribution in [0, 0.1) is 5.82 Å². The van der Waals surface area contributed by atoms with E-state index in [0.717, 1.165) is 31.4 Å². The fourth-order valence-electron chi connectivity index (χ4n) is 2.61. The summed E-state index contributed by atoms with van der Waals surface area (Å²) in [5.41, 5.74) is 1.18. The van der Waals surface area contributed by atoms with Crippen LogP contribution in [0.3, 0.4) is 0 Å². The highest BCUT2D eigenvalue weighted by atomic mass is 19.1. The predicted molar refractivity (Wildman–Crippen MR) is 72.8 cm³/mol. The third-order valence-electron chi connectivity index (χ3n) is 3.85. The van der Waals surface area contributed by atoms with Crippen LogP contribution in [-0.4, -0.2) is 18.0 Å². The molecule has 1 aromatic rings. The molecule has 0 aromatic heterocycles. The van der Waals surface area contributed by atoms with Crippen molar-refractivity contribution in [2.24, 2.45) is 0 Å². The summed E-state index contributed by atoms with van der Waals surface area (Å²) in [7, 11) is 0. The predicted octanol–water partition coefficient (Wildman–Crippen LogP) is 3.07. The zero-order valence-corrected chi connectivity index (χ0v) is 10.9. The molecule has 102 valence electrons. The average Bonchev–Trinajstić information content (AvgIpc) is 3.06. The first kappa shape index (κ1) is 12.5. The lowest BCUT2D eigenvalue weighted by Crippen LogP contribution is -2.33. The number of amides is 1. The summed E-state index contributed by atoms with van der Waals surface area (Å²) in [5.74, 6) is -0.521. The van der Waals surface area contributed by atoms with Gasteiger partial charge in [-0.05, 0) is 43.9 Å². The van der Waals surface area contributed by atoms with Crippen molar-refractivity contribution >= 4 is 11.6 Å². The van der Waals surface area contributed by atoms with Gasteiger partial charge in [-0.1, -0.05) is 12.8 Å². The number of carbonyl (C=O) groups is 1. The Morgan fingerprint density at radius 1 is 1.11 bits per heavy atom. The molecule has 0 spiro atoms. The number of anilines is 1. The minimum absolute atomic E-state index is 0.158. The van der Waals surface area contributed by atoms with Crippen LogP contribution >= 0.6 is 0 Å². The van der Waals surface area contributed by atoms with Crippen molar-refractivity contribution in [2.75, 3.05) is 5.32 Å². The van der Waals surface area contributed by atoms with Gasteiger partial charge in [0.1, 0.15) is 5.82 Å². The molecule has 2 saturated carbocycles. The summed E-state index contributed by atoms with van der Waals surface area (Å²) in [6, 6.07) is 5.09. The van der Waals surface area contributed by atoms with E-state index < -0.39 is 0 Å². The minimum atomic E-state index is -0.363. The van der Waals surface area contributed by atoms with Crippen LogP contribution < -0.4 is 10.6 Å². The maximum absolute atomic E-state index is 13.4. The number of nitrogens with one attached hydrogen (secondary N) is 2. The van der Waals surface area contributed by atoms with E-state index in [4.69, 9.17) is 0 Å². The SMILES string of the molecule is O=C(NC1CCCC1)c1cc(F)ccc1NC1CC1. The first-order valence-electron chi connectivity index (χ1n) is 7.09. The molecule has 0 unspecified atom stereocenters. The fraction of sp³-hybridized carbons (Fsp3) is 0.533. The molecule has 0 heterocycles. The Balaban J connectivity index is 1.76. The molecular formula is C15H19FN2O. The van der Waals surface area contributed by atoms with Gasteiger partial charge in [0.15, 0.2) is 0 Å². The molecule has 4 heteroatoms. The summed E-state index contributed by atoms with van der Waals surface area (Å²) in [5, 5.41) is 6.30. The van der Waals surface area contributed by atoms with Crippen LogP contribution in [0.25, 0.3) is 0 Å². The van der Waals surface area contributed by atoms with Crippen molar-refractivity contribution < 1.29 is 9.18 Å². The molecule has 19 heavy (non-hydrogen) atoms. The van der Waals surface area contributed by atoms with E-state index in [1.54, 1.807) is 6.07 Å². The highest BCUT2D eigenvalue weighted by molar-refractivity contribution is 5.99. The van der Waals surface area contributed by atoms with Crippen molar-refractivity contribution in [3.8, 4) is 0 Å². The van der Waals surface area contributed by atoms with Gasteiger partial charge in [-0.25, -0.2) is 4.39 Å². The Kier molecular flexibility index (Phi) is 3.40. The second-order valence-corrected chi connectivity index (χ2v) is 5.56. The lowest BCUT2D eigenvalue weighted by Gasteiger charge is -2.15. The molecule has 1 aromatic carbocycles. The summed E-state index contributed by atoms with van der Waals surface area (Å²) < 4.78 is 13.4. The Morgan fingerprint density at radius 2 is 1.84 bits per heavy atom. The van der Waals surface area contributed by atoms with Crippen LogP contribution in [0.1, 0.15) is 48.9 Å². The highest BCUT2D eigenvalue weighted by Crippen LogP contribution is 2.27. The number of benzene rings is 1. The van der Waals surface area contributed by atoms with Gasteiger partial charge in [0, 0.05) is 17.8 Å². The molecule has 0 saturated heterocycles. The molecule has 0 bridgehead atoms. The summed E-state index contributed by atoms with van der Waals surface area (Å²) in [4.78, 5) is 12.3. The van der Waals surface area contributed by atoms with Gasteiger partial charge in [-0.3, -0.25) is 4.79 Å². The summed E-state index contributed by atoms with van der Waals surface area (Å²) in [6.07, 6.45) is 6.66. The van der Waals surface area contributed by atoms with Gasteiger partial charge in [0.2, 0.25) is 0 Å². The Morgan fingerprint density at radius 3 is 2.53 bits per heavy atom. The molecular weight excluding hydrogens is 243 g/mol. The third kappa shape index (κ3) is 3.06. The van der Waals surface area contributed by atoms with E-state index >= 15 is 0 Å². The first-order valence-corrected chi connectivity index (χ1v) is 7.09. The maximum Gasteiger partial charge on any atom is 0.253 e. The molecule has 3 rings (SSSR count). The molecule has 0 aliphatic heterocycles. The standard InChI is InChI=1S/C15H19FN2O/c16-10-5-8-14(17-12-6-7-12)13(9-10)15(19)18-11-3-1-2-4-11/h5,8-9,11-12,17H,1-4,6-7H2,(H,18,19). The largest absolute Gasteiger partial charge is 0.382 e. The van der Waals surface area contributed by atoms with Crippen molar-refractivity contribution in [1.29, 1.82) is 0 Å². The van der Waals surface area contributed by atoms with E-state index in [1.807, 2.05) is 0 Å². The number of carbonyl (C=O) groups excluding carboxylic acids is 1. The van der Waals surface area contributed by atoms with Crippen LogP contribution in [0.15, 0.2) is 18.2 Å². The molecule has 2 aliphatic rings. The lowest BCUT2D eigenvalue weighted by molar-refractivity contribution is 0.0938. The Labute approximate surface area is 112 Å². The van der Waals surface area contributed by atoms with Crippen LogP contribution in [0.2, 0.25) is 0 Å². The second kappa shape index (κ2) is 5.19. The summed E-state index contributed by atoms with van der Waals surface area (Å²) in [6.45, 7) is 0. The Hall–Kier alpha value is -1.58. The van der Waals surface area contributed by atoms with Crippen molar-refractivity contribution in [2.45, 2.75) is 50.6 Å². The number of hydrogen-bond donors (Lipinski definition) is 2. The topological polar surface area (TPSA) is 41.1 Å². The first-order chi connectivity index (χ1) is 9.22. The fourth-order valence-corrected chi connectivity index (χ4v) is 2.61. The minimum Gasteiger partial charge on any atom is -0.382 e. The van der Waals surface area contributed by atoms with E-state index in [1.165, 1.54) is 25.0 Å². The van der Waals surface area contributed by atoms with Crippen molar-refractivity contribution in [1.82, 2.24) is 5.32 Å². The lowest BCUT2D eigenvalue weighted by atomic mass is 10.1. The zero-order valence-electron chi connectivity index (χ0n) is 10.9. The van der Waals surface area contributed by atoms with E-state index in [0.29, 0.717) is 11.6 Å². The molecule has 2 fully saturated rings. The third-order valence-corrected chi connectivity index (χ3v) is 3.85. The molecule has 1 amide bonds. The number of hydrogen-bond acceptors (Lipinski definition) is 2. The Bertz CT molecular complexity index is 479. The monoisotopic (exact) mass is 262 g/mol. The van der Waals surface area contributed by atoms with Gasteiger partial charge in [-0.15, -0.1) is 0 Å². The zero-order chi connectivity index (χ0) is 13.2. The molecule has 3 nitrogen and oxygen atoms in total. The van der Waals surface area contributed by atoms with Crippen LogP contribution in [0.4, 0.5) is 10.1 Å². The molecule has 0 radical (unpaired) electrons. The van der Waals surface area contributed by atoms with Crippen LogP contribution in [-0.2, 0) is 0 Å². The van der Waals surface area contributed by atoms with E-state index in [2.05, 4.69) is 10.6 Å². The van der Waals surface area contributed by atoms with E-state index in [9.17, 15) is 9.18 Å². The van der Waals surface area contributed by atoms with E-state index in [-0.39, 0.29) is 17.8 Å². The van der Waals surface area contributed by atoms with Gasteiger partial charge < -0.3 is 10.6 Å². The summed E-state index contributed by atoms with van der Waals surface area (Å²) >= 11 is 0. The smallest absolute Gasteiger partial charge is 0.253 e.